The molecule has 0 spiro atoms. The first kappa shape index (κ1) is 20.5. The van der Waals surface area contributed by atoms with Crippen LogP contribution in [0.4, 0.5) is 13.9 Å². The molecular weight excluding hydrogens is 382 g/mol. The predicted molar refractivity (Wildman–Crippen MR) is 94.6 cm³/mol. The number of benzene rings is 1. The topological polar surface area (TPSA) is 102 Å². The van der Waals surface area contributed by atoms with E-state index in [1.807, 2.05) is 6.92 Å². The van der Waals surface area contributed by atoms with Crippen molar-refractivity contribution in [2.45, 2.75) is 20.3 Å². The Bertz CT molecular complexity index is 800. The number of alkyl halides is 2. The van der Waals surface area contributed by atoms with E-state index in [-0.39, 0.29) is 17.2 Å². The zero-order chi connectivity index (χ0) is 19.8. The van der Waals surface area contributed by atoms with Crippen LogP contribution in [0.1, 0.15) is 35.6 Å². The molecule has 0 aliphatic carbocycles. The summed E-state index contributed by atoms with van der Waals surface area (Å²) in [5.74, 6) is -0.180. The highest BCUT2D eigenvalue weighted by molar-refractivity contribution is 7.15. The molecule has 27 heavy (non-hydrogen) atoms. The van der Waals surface area contributed by atoms with E-state index in [0.717, 1.165) is 0 Å². The Kier molecular flexibility index (Phi) is 7.41. The molecule has 2 aromatic rings. The molecule has 8 nitrogen and oxygen atoms in total. The van der Waals surface area contributed by atoms with Gasteiger partial charge >= 0.3 is 0 Å². The second kappa shape index (κ2) is 9.76. The Balaban J connectivity index is 1.93. The van der Waals surface area contributed by atoms with Crippen LogP contribution in [0, 0.1) is 0 Å². The zero-order valence-electron chi connectivity index (χ0n) is 14.6. The van der Waals surface area contributed by atoms with Gasteiger partial charge in [-0.05, 0) is 32.0 Å². The second-order valence-electron chi connectivity index (χ2n) is 5.00. The van der Waals surface area contributed by atoms with Gasteiger partial charge in [-0.3, -0.25) is 14.9 Å². The molecule has 2 amide bonds. The molecule has 0 saturated carbocycles. The van der Waals surface area contributed by atoms with Gasteiger partial charge in [0.2, 0.25) is 11.0 Å². The number of hydrogen-bond donors (Lipinski definition) is 2. The van der Waals surface area contributed by atoms with E-state index in [4.69, 9.17) is 9.47 Å². The monoisotopic (exact) mass is 400 g/mol. The van der Waals surface area contributed by atoms with Gasteiger partial charge in [0.15, 0.2) is 16.5 Å². The Morgan fingerprint density at radius 2 is 1.85 bits per heavy atom. The highest BCUT2D eigenvalue weighted by Crippen LogP contribution is 2.28. The molecule has 146 valence electrons. The van der Waals surface area contributed by atoms with E-state index in [1.54, 1.807) is 19.1 Å². The largest absolute Gasteiger partial charge is 0.490 e. The van der Waals surface area contributed by atoms with Crippen molar-refractivity contribution < 1.29 is 27.8 Å². The summed E-state index contributed by atoms with van der Waals surface area (Å²) in [5, 5.41) is 10.9. The lowest BCUT2D eigenvalue weighted by Gasteiger charge is -2.12. The van der Waals surface area contributed by atoms with E-state index in [0.29, 0.717) is 36.0 Å². The third-order valence-electron chi connectivity index (χ3n) is 3.09. The third kappa shape index (κ3) is 5.84. The third-order valence-corrected chi connectivity index (χ3v) is 3.93. The molecule has 0 aliphatic heterocycles. The SMILES string of the molecule is CCOc1ccc(C(=O)NCC(=O)Nc2nnc(C(F)F)s2)cc1OCC. The summed E-state index contributed by atoms with van der Waals surface area (Å²) in [6, 6.07) is 4.67. The lowest BCUT2D eigenvalue weighted by molar-refractivity contribution is -0.115. The smallest absolute Gasteiger partial charge is 0.291 e. The van der Waals surface area contributed by atoms with Crippen LogP contribution in [0.5, 0.6) is 11.5 Å². The first-order valence-electron chi connectivity index (χ1n) is 8.03. The maximum Gasteiger partial charge on any atom is 0.291 e. The van der Waals surface area contributed by atoms with Gasteiger partial charge in [0.25, 0.3) is 12.3 Å². The lowest BCUT2D eigenvalue weighted by atomic mass is 10.2. The molecule has 2 N–H and O–H groups in total. The molecule has 0 atom stereocenters. The van der Waals surface area contributed by atoms with E-state index in [1.165, 1.54) is 6.07 Å². The van der Waals surface area contributed by atoms with Gasteiger partial charge in [0.1, 0.15) is 0 Å². The molecule has 1 heterocycles. The minimum atomic E-state index is -2.76. The van der Waals surface area contributed by atoms with E-state index in [2.05, 4.69) is 20.8 Å². The van der Waals surface area contributed by atoms with E-state index < -0.39 is 23.2 Å². The maximum atomic E-state index is 12.4. The average Bonchev–Trinajstić information content (AvgIpc) is 3.10. The number of aromatic nitrogens is 2. The summed E-state index contributed by atoms with van der Waals surface area (Å²) < 4.78 is 35.8. The number of carbonyl (C=O) groups is 2. The summed E-state index contributed by atoms with van der Waals surface area (Å²) in [5.41, 5.74) is 0.283. The van der Waals surface area contributed by atoms with Crippen LogP contribution in [0.3, 0.4) is 0 Å². The molecule has 0 saturated heterocycles. The van der Waals surface area contributed by atoms with Crippen LogP contribution in [0.25, 0.3) is 0 Å². The van der Waals surface area contributed by atoms with Crippen LogP contribution in [-0.2, 0) is 4.79 Å². The standard InChI is InChI=1S/C16H18F2N4O4S/c1-3-25-10-6-5-9(7-11(10)26-4-2)14(24)19-8-12(23)20-16-22-21-15(27-16)13(17)18/h5-7,13H,3-4,8H2,1-2H3,(H,19,24)(H,20,22,23). The molecule has 0 aliphatic rings. The fourth-order valence-corrected chi connectivity index (χ4v) is 2.61. The minimum absolute atomic E-state index is 0.0655. The molecule has 0 unspecified atom stereocenters. The zero-order valence-corrected chi connectivity index (χ0v) is 15.4. The van der Waals surface area contributed by atoms with Crippen LogP contribution in [-0.4, -0.2) is 41.8 Å². The molecule has 1 aromatic carbocycles. The van der Waals surface area contributed by atoms with Gasteiger partial charge in [-0.15, -0.1) is 10.2 Å². The van der Waals surface area contributed by atoms with Crippen molar-refractivity contribution in [3.05, 3.63) is 28.8 Å². The van der Waals surface area contributed by atoms with E-state index in [9.17, 15) is 18.4 Å². The van der Waals surface area contributed by atoms with Gasteiger partial charge in [-0.1, -0.05) is 11.3 Å². The van der Waals surface area contributed by atoms with Crippen molar-refractivity contribution in [3.63, 3.8) is 0 Å². The highest BCUT2D eigenvalue weighted by atomic mass is 32.1. The van der Waals surface area contributed by atoms with Gasteiger partial charge in [-0.25, -0.2) is 8.78 Å². The van der Waals surface area contributed by atoms with Crippen LogP contribution >= 0.6 is 11.3 Å². The molecule has 0 fully saturated rings. The normalized spacial score (nSPS) is 10.6. The molecule has 0 radical (unpaired) electrons. The van der Waals surface area contributed by atoms with Crippen molar-refractivity contribution in [1.82, 2.24) is 15.5 Å². The number of anilines is 1. The first-order chi connectivity index (χ1) is 12.9. The Morgan fingerprint density at radius 1 is 1.15 bits per heavy atom. The average molecular weight is 400 g/mol. The summed E-state index contributed by atoms with van der Waals surface area (Å²) in [6.07, 6.45) is -2.76. The van der Waals surface area contributed by atoms with Crippen molar-refractivity contribution >= 4 is 28.3 Å². The van der Waals surface area contributed by atoms with Crippen molar-refractivity contribution in [2.75, 3.05) is 25.1 Å². The fraction of sp³-hybridized carbons (Fsp3) is 0.375. The fourth-order valence-electron chi connectivity index (χ4n) is 1.99. The number of amides is 2. The maximum absolute atomic E-state index is 12.4. The number of nitrogens with one attached hydrogen (secondary N) is 2. The Hall–Kier alpha value is -2.82. The van der Waals surface area contributed by atoms with Gasteiger partial charge in [0, 0.05) is 5.56 Å². The number of ether oxygens (including phenoxy) is 2. The molecular formula is C16H18F2N4O4S. The first-order valence-corrected chi connectivity index (χ1v) is 8.85. The number of nitrogens with zero attached hydrogens (tertiary/aromatic N) is 2. The second-order valence-corrected chi connectivity index (χ2v) is 6.01. The Labute approximate surface area is 157 Å². The highest BCUT2D eigenvalue weighted by Gasteiger charge is 2.16. The number of hydrogen-bond acceptors (Lipinski definition) is 7. The predicted octanol–water partition coefficient (Wildman–Crippen LogP) is 2.64. The number of halogens is 2. The van der Waals surface area contributed by atoms with Gasteiger partial charge < -0.3 is 14.8 Å². The Morgan fingerprint density at radius 3 is 2.48 bits per heavy atom. The molecule has 2 rings (SSSR count). The lowest BCUT2D eigenvalue weighted by Crippen LogP contribution is -2.32. The summed E-state index contributed by atoms with van der Waals surface area (Å²) in [4.78, 5) is 24.0. The number of rotatable bonds is 9. The quantitative estimate of drug-likeness (QED) is 0.671. The van der Waals surface area contributed by atoms with Crippen molar-refractivity contribution in [3.8, 4) is 11.5 Å². The van der Waals surface area contributed by atoms with Gasteiger partial charge in [0.05, 0.1) is 19.8 Å². The minimum Gasteiger partial charge on any atom is -0.490 e. The molecule has 11 heteroatoms. The van der Waals surface area contributed by atoms with Crippen LogP contribution in [0.2, 0.25) is 0 Å². The molecule has 1 aromatic heterocycles. The van der Waals surface area contributed by atoms with Crippen LogP contribution in [0.15, 0.2) is 18.2 Å². The summed E-state index contributed by atoms with van der Waals surface area (Å²) >= 11 is 0.566. The van der Waals surface area contributed by atoms with Gasteiger partial charge in [-0.2, -0.15) is 0 Å². The van der Waals surface area contributed by atoms with Crippen LogP contribution < -0.4 is 20.1 Å². The van der Waals surface area contributed by atoms with Crippen molar-refractivity contribution in [2.24, 2.45) is 0 Å². The summed E-state index contributed by atoms with van der Waals surface area (Å²) in [6.45, 7) is 4.12. The number of carbonyl (C=O) groups excluding carboxylic acids is 2. The van der Waals surface area contributed by atoms with Crippen molar-refractivity contribution in [1.29, 1.82) is 0 Å². The summed E-state index contributed by atoms with van der Waals surface area (Å²) in [7, 11) is 0. The van der Waals surface area contributed by atoms with E-state index >= 15 is 0 Å². The molecule has 0 bridgehead atoms.